The summed E-state index contributed by atoms with van der Waals surface area (Å²) in [7, 11) is 1.33. The van der Waals surface area contributed by atoms with Crippen molar-refractivity contribution in [3.63, 3.8) is 0 Å². The molecule has 0 spiro atoms. The summed E-state index contributed by atoms with van der Waals surface area (Å²) in [6.07, 6.45) is 0. The van der Waals surface area contributed by atoms with Crippen molar-refractivity contribution in [3.8, 4) is 0 Å². The average molecular weight is 328 g/mol. The molecule has 0 aliphatic rings. The molecule has 70 valence electrons. The SMILES string of the molecule is COC(=O)c1cc(Br)c(Cl)c(Br)c1. The van der Waals surface area contributed by atoms with Crippen LogP contribution in [0.3, 0.4) is 0 Å². The minimum absolute atomic E-state index is 0.391. The van der Waals surface area contributed by atoms with Crippen LogP contribution in [0.25, 0.3) is 0 Å². The van der Waals surface area contributed by atoms with Crippen molar-refractivity contribution in [1.29, 1.82) is 0 Å². The topological polar surface area (TPSA) is 26.3 Å². The predicted octanol–water partition coefficient (Wildman–Crippen LogP) is 3.65. The normalized spacial score (nSPS) is 9.85. The lowest BCUT2D eigenvalue weighted by atomic mass is 10.2. The van der Waals surface area contributed by atoms with Crippen molar-refractivity contribution < 1.29 is 9.53 Å². The smallest absolute Gasteiger partial charge is 0.337 e. The zero-order valence-corrected chi connectivity index (χ0v) is 10.5. The Bertz CT molecular complexity index is 329. The summed E-state index contributed by atoms with van der Waals surface area (Å²) < 4.78 is 5.88. The highest BCUT2D eigenvalue weighted by Crippen LogP contribution is 2.31. The second kappa shape index (κ2) is 4.44. The molecule has 1 rings (SSSR count). The van der Waals surface area contributed by atoms with Crippen molar-refractivity contribution in [2.45, 2.75) is 0 Å². The largest absolute Gasteiger partial charge is 0.465 e. The van der Waals surface area contributed by atoms with E-state index >= 15 is 0 Å². The van der Waals surface area contributed by atoms with Crippen LogP contribution in [-0.4, -0.2) is 13.1 Å². The van der Waals surface area contributed by atoms with Crippen molar-refractivity contribution >= 4 is 49.4 Å². The second-order valence-corrected chi connectivity index (χ2v) is 4.33. The quantitative estimate of drug-likeness (QED) is 0.581. The number of rotatable bonds is 1. The summed E-state index contributed by atoms with van der Waals surface area (Å²) in [4.78, 5) is 11.1. The molecule has 0 aliphatic heterocycles. The average Bonchev–Trinajstić information content (AvgIpc) is 2.12. The molecule has 0 radical (unpaired) electrons. The number of hydrogen-bond donors (Lipinski definition) is 0. The van der Waals surface area contributed by atoms with E-state index in [1.165, 1.54) is 7.11 Å². The molecule has 0 saturated carbocycles. The van der Waals surface area contributed by atoms with Gasteiger partial charge >= 0.3 is 5.97 Å². The predicted molar refractivity (Wildman–Crippen MR) is 58.2 cm³/mol. The molecule has 5 heteroatoms. The van der Waals surface area contributed by atoms with E-state index in [0.29, 0.717) is 19.5 Å². The fraction of sp³-hybridized carbons (Fsp3) is 0.125. The molecule has 0 fully saturated rings. The minimum Gasteiger partial charge on any atom is -0.465 e. The maximum absolute atomic E-state index is 11.1. The first-order valence-electron chi connectivity index (χ1n) is 3.29. The minimum atomic E-state index is -0.391. The number of halogens is 3. The molecule has 0 amide bonds. The number of carbonyl (C=O) groups is 1. The third kappa shape index (κ3) is 2.45. The Morgan fingerprint density at radius 2 is 1.85 bits per heavy atom. The van der Waals surface area contributed by atoms with Gasteiger partial charge in [0.2, 0.25) is 0 Å². The Balaban J connectivity index is 3.20. The van der Waals surface area contributed by atoms with Crippen LogP contribution in [0.15, 0.2) is 21.1 Å². The van der Waals surface area contributed by atoms with Crippen LogP contribution in [0.2, 0.25) is 5.02 Å². The van der Waals surface area contributed by atoms with Crippen molar-refractivity contribution in [2.75, 3.05) is 7.11 Å². The van der Waals surface area contributed by atoms with E-state index < -0.39 is 5.97 Å². The lowest BCUT2D eigenvalue weighted by Crippen LogP contribution is -2.01. The van der Waals surface area contributed by atoms with Gasteiger partial charge in [0.1, 0.15) is 0 Å². The summed E-state index contributed by atoms with van der Waals surface area (Å²) in [6, 6.07) is 3.22. The van der Waals surface area contributed by atoms with Crippen LogP contribution in [0.1, 0.15) is 10.4 Å². The van der Waals surface area contributed by atoms with Crippen LogP contribution in [0, 0.1) is 0 Å². The lowest BCUT2D eigenvalue weighted by Gasteiger charge is -2.03. The fourth-order valence-corrected chi connectivity index (χ4v) is 2.09. The van der Waals surface area contributed by atoms with E-state index in [9.17, 15) is 4.79 Å². The Morgan fingerprint density at radius 1 is 1.38 bits per heavy atom. The third-order valence-corrected chi connectivity index (χ3v) is 3.52. The number of carbonyl (C=O) groups excluding carboxylic acids is 1. The monoisotopic (exact) mass is 326 g/mol. The zero-order valence-electron chi connectivity index (χ0n) is 6.61. The molecule has 0 unspecified atom stereocenters. The van der Waals surface area contributed by atoms with Gasteiger partial charge in [-0.05, 0) is 44.0 Å². The Morgan fingerprint density at radius 3 is 2.23 bits per heavy atom. The van der Waals surface area contributed by atoms with Crippen LogP contribution >= 0.6 is 43.5 Å². The molecule has 13 heavy (non-hydrogen) atoms. The molecule has 0 atom stereocenters. The molecular weight excluding hydrogens is 323 g/mol. The van der Waals surface area contributed by atoms with Gasteiger partial charge in [0.25, 0.3) is 0 Å². The van der Waals surface area contributed by atoms with Gasteiger partial charge in [-0.2, -0.15) is 0 Å². The summed E-state index contributed by atoms with van der Waals surface area (Å²) in [5, 5.41) is 0.535. The third-order valence-electron chi connectivity index (χ3n) is 1.40. The molecule has 0 heterocycles. The highest BCUT2D eigenvalue weighted by Gasteiger charge is 2.10. The highest BCUT2D eigenvalue weighted by molar-refractivity contribution is 9.11. The van der Waals surface area contributed by atoms with E-state index in [1.54, 1.807) is 12.1 Å². The number of hydrogen-bond acceptors (Lipinski definition) is 2. The summed E-state index contributed by atoms with van der Waals surface area (Å²) >= 11 is 12.3. The second-order valence-electron chi connectivity index (χ2n) is 2.25. The number of esters is 1. The van der Waals surface area contributed by atoms with Crippen molar-refractivity contribution in [1.82, 2.24) is 0 Å². The van der Waals surface area contributed by atoms with Crippen LogP contribution in [-0.2, 0) is 4.74 Å². The van der Waals surface area contributed by atoms with Crippen LogP contribution < -0.4 is 0 Å². The molecule has 0 bridgehead atoms. The first-order valence-corrected chi connectivity index (χ1v) is 5.25. The molecule has 0 aromatic heterocycles. The Kier molecular flexibility index (Phi) is 3.76. The van der Waals surface area contributed by atoms with Crippen LogP contribution in [0.5, 0.6) is 0 Å². The molecule has 1 aromatic carbocycles. The molecular formula is C8H5Br2ClO2. The first-order chi connectivity index (χ1) is 6.06. The molecule has 1 aromatic rings. The van der Waals surface area contributed by atoms with Gasteiger partial charge in [-0.25, -0.2) is 4.79 Å². The van der Waals surface area contributed by atoms with Gasteiger partial charge in [-0.1, -0.05) is 11.6 Å². The summed E-state index contributed by atoms with van der Waals surface area (Å²) in [5.74, 6) is -0.391. The van der Waals surface area contributed by atoms with Gasteiger partial charge in [0, 0.05) is 8.95 Å². The maximum Gasteiger partial charge on any atom is 0.337 e. The van der Waals surface area contributed by atoms with E-state index in [-0.39, 0.29) is 0 Å². The van der Waals surface area contributed by atoms with Gasteiger partial charge in [-0.15, -0.1) is 0 Å². The van der Waals surface area contributed by atoms with Crippen molar-refractivity contribution in [3.05, 3.63) is 31.7 Å². The van der Waals surface area contributed by atoms with E-state index in [1.807, 2.05) is 0 Å². The lowest BCUT2D eigenvalue weighted by molar-refractivity contribution is 0.0600. The van der Waals surface area contributed by atoms with Gasteiger partial charge in [0.15, 0.2) is 0 Å². The van der Waals surface area contributed by atoms with Gasteiger partial charge < -0.3 is 4.74 Å². The number of ether oxygens (including phenoxy) is 1. The van der Waals surface area contributed by atoms with Gasteiger partial charge in [0.05, 0.1) is 17.7 Å². The molecule has 0 N–H and O–H groups in total. The highest BCUT2D eigenvalue weighted by atomic mass is 79.9. The van der Waals surface area contributed by atoms with Crippen LogP contribution in [0.4, 0.5) is 0 Å². The number of methoxy groups -OCH3 is 1. The zero-order chi connectivity index (χ0) is 10.0. The Hall–Kier alpha value is -0.0600. The van der Waals surface area contributed by atoms with Gasteiger partial charge in [-0.3, -0.25) is 0 Å². The van der Waals surface area contributed by atoms with E-state index in [4.69, 9.17) is 11.6 Å². The first kappa shape index (κ1) is 11.0. The molecule has 0 saturated heterocycles. The molecule has 2 nitrogen and oxygen atoms in total. The van der Waals surface area contributed by atoms with Crippen molar-refractivity contribution in [2.24, 2.45) is 0 Å². The van der Waals surface area contributed by atoms with E-state index in [0.717, 1.165) is 0 Å². The standard InChI is InChI=1S/C8H5Br2ClO2/c1-13-8(12)4-2-5(9)7(11)6(10)3-4/h2-3H,1H3. The fourth-order valence-electron chi connectivity index (χ4n) is 0.791. The Labute approximate surface area is 97.5 Å². The number of benzene rings is 1. The summed E-state index contributed by atoms with van der Waals surface area (Å²) in [5.41, 5.74) is 0.450. The maximum atomic E-state index is 11.1. The van der Waals surface area contributed by atoms with E-state index in [2.05, 4.69) is 36.6 Å². The molecule has 0 aliphatic carbocycles. The summed E-state index contributed by atoms with van der Waals surface area (Å²) in [6.45, 7) is 0.